The highest BCUT2D eigenvalue weighted by atomic mass is 35.5. The SMILES string of the molecule is CCCC[C@@H](N)c1ccc(F)c(Cl)c1. The normalized spacial score (nSPS) is 12.9. The molecule has 2 N–H and O–H groups in total. The molecule has 3 heteroatoms. The quantitative estimate of drug-likeness (QED) is 0.815. The van der Waals surface area contributed by atoms with E-state index in [0.717, 1.165) is 24.8 Å². The van der Waals surface area contributed by atoms with Gasteiger partial charge in [-0.25, -0.2) is 4.39 Å². The molecule has 0 spiro atoms. The van der Waals surface area contributed by atoms with E-state index in [1.807, 2.05) is 0 Å². The van der Waals surface area contributed by atoms with Crippen molar-refractivity contribution in [2.75, 3.05) is 0 Å². The molecule has 1 aromatic rings. The minimum atomic E-state index is -0.391. The Balaban J connectivity index is 2.70. The number of benzene rings is 1. The lowest BCUT2D eigenvalue weighted by Gasteiger charge is -2.11. The molecule has 0 saturated carbocycles. The summed E-state index contributed by atoms with van der Waals surface area (Å²) in [7, 11) is 0. The van der Waals surface area contributed by atoms with Gasteiger partial charge in [0.25, 0.3) is 0 Å². The van der Waals surface area contributed by atoms with E-state index in [9.17, 15) is 4.39 Å². The number of hydrogen-bond acceptors (Lipinski definition) is 1. The molecule has 0 amide bonds. The molecule has 1 rings (SSSR count). The highest BCUT2D eigenvalue weighted by Crippen LogP contribution is 2.22. The molecule has 0 aromatic heterocycles. The smallest absolute Gasteiger partial charge is 0.141 e. The van der Waals surface area contributed by atoms with Crippen LogP contribution in [0, 0.1) is 5.82 Å². The molecular weight excluding hydrogens is 201 g/mol. The van der Waals surface area contributed by atoms with Crippen LogP contribution in [0.4, 0.5) is 4.39 Å². The van der Waals surface area contributed by atoms with Crippen molar-refractivity contribution >= 4 is 11.6 Å². The molecule has 0 bridgehead atoms. The highest BCUT2D eigenvalue weighted by molar-refractivity contribution is 6.30. The molecular formula is C11H15ClFN. The first kappa shape index (κ1) is 11.5. The standard InChI is InChI=1S/C11H15ClFN/c1-2-3-4-11(14)8-5-6-10(13)9(12)7-8/h5-7,11H,2-4,14H2,1H3/t11-/m1/s1. The van der Waals surface area contributed by atoms with Gasteiger partial charge in [0.1, 0.15) is 5.82 Å². The molecule has 0 aliphatic heterocycles. The summed E-state index contributed by atoms with van der Waals surface area (Å²) in [6.45, 7) is 2.12. The summed E-state index contributed by atoms with van der Waals surface area (Å²) in [5.74, 6) is -0.391. The summed E-state index contributed by atoms with van der Waals surface area (Å²) in [6, 6.07) is 4.63. The van der Waals surface area contributed by atoms with Crippen LogP contribution in [0.5, 0.6) is 0 Å². The second-order valence-electron chi connectivity index (χ2n) is 3.42. The van der Waals surface area contributed by atoms with Crippen LogP contribution in [-0.4, -0.2) is 0 Å². The molecule has 14 heavy (non-hydrogen) atoms. The summed E-state index contributed by atoms with van der Waals surface area (Å²) in [6.07, 6.45) is 3.11. The number of hydrogen-bond donors (Lipinski definition) is 1. The van der Waals surface area contributed by atoms with Gasteiger partial charge in [0.15, 0.2) is 0 Å². The van der Waals surface area contributed by atoms with Gasteiger partial charge in [-0.2, -0.15) is 0 Å². The Labute approximate surface area is 89.1 Å². The van der Waals surface area contributed by atoms with Crippen LogP contribution >= 0.6 is 11.6 Å². The second-order valence-corrected chi connectivity index (χ2v) is 3.83. The van der Waals surface area contributed by atoms with E-state index in [4.69, 9.17) is 17.3 Å². The Morgan fingerprint density at radius 3 is 2.79 bits per heavy atom. The number of unbranched alkanes of at least 4 members (excludes halogenated alkanes) is 1. The van der Waals surface area contributed by atoms with E-state index < -0.39 is 5.82 Å². The predicted octanol–water partition coefficient (Wildman–Crippen LogP) is 3.67. The molecule has 0 heterocycles. The van der Waals surface area contributed by atoms with Gasteiger partial charge in [0.05, 0.1) is 5.02 Å². The van der Waals surface area contributed by atoms with Crippen LogP contribution in [0.3, 0.4) is 0 Å². The summed E-state index contributed by atoms with van der Waals surface area (Å²) >= 11 is 5.66. The molecule has 0 saturated heterocycles. The summed E-state index contributed by atoms with van der Waals surface area (Å²) in [5.41, 5.74) is 6.83. The lowest BCUT2D eigenvalue weighted by atomic mass is 10.0. The van der Waals surface area contributed by atoms with Crippen LogP contribution in [-0.2, 0) is 0 Å². The summed E-state index contributed by atoms with van der Waals surface area (Å²) in [4.78, 5) is 0. The first-order chi connectivity index (χ1) is 6.65. The minimum Gasteiger partial charge on any atom is -0.324 e. The van der Waals surface area contributed by atoms with Gasteiger partial charge in [-0.1, -0.05) is 37.4 Å². The van der Waals surface area contributed by atoms with Crippen molar-refractivity contribution in [3.8, 4) is 0 Å². The maximum Gasteiger partial charge on any atom is 0.141 e. The molecule has 0 unspecified atom stereocenters. The van der Waals surface area contributed by atoms with Gasteiger partial charge in [-0.15, -0.1) is 0 Å². The van der Waals surface area contributed by atoms with Crippen LogP contribution in [0.25, 0.3) is 0 Å². The first-order valence-electron chi connectivity index (χ1n) is 4.85. The van der Waals surface area contributed by atoms with Crippen molar-refractivity contribution in [1.29, 1.82) is 0 Å². The Bertz CT molecular complexity index is 301. The third-order valence-electron chi connectivity index (χ3n) is 2.24. The number of rotatable bonds is 4. The lowest BCUT2D eigenvalue weighted by Crippen LogP contribution is -2.10. The number of halogens is 2. The van der Waals surface area contributed by atoms with E-state index in [0.29, 0.717) is 0 Å². The largest absolute Gasteiger partial charge is 0.324 e. The maximum atomic E-state index is 12.8. The molecule has 1 aromatic carbocycles. The van der Waals surface area contributed by atoms with Crippen molar-refractivity contribution in [1.82, 2.24) is 0 Å². The van der Waals surface area contributed by atoms with E-state index in [1.165, 1.54) is 6.07 Å². The summed E-state index contributed by atoms with van der Waals surface area (Å²) < 4.78 is 12.8. The second kappa shape index (κ2) is 5.32. The Morgan fingerprint density at radius 1 is 1.50 bits per heavy atom. The van der Waals surface area contributed by atoms with E-state index in [1.54, 1.807) is 12.1 Å². The Morgan fingerprint density at radius 2 is 2.21 bits per heavy atom. The van der Waals surface area contributed by atoms with Crippen LogP contribution in [0.2, 0.25) is 5.02 Å². The Hall–Kier alpha value is -0.600. The van der Waals surface area contributed by atoms with Crippen molar-refractivity contribution < 1.29 is 4.39 Å². The maximum absolute atomic E-state index is 12.8. The average Bonchev–Trinajstić information content (AvgIpc) is 2.18. The molecule has 0 fully saturated rings. The van der Waals surface area contributed by atoms with Gasteiger partial charge in [-0.05, 0) is 24.1 Å². The van der Waals surface area contributed by atoms with Gasteiger partial charge in [-0.3, -0.25) is 0 Å². The molecule has 78 valence electrons. The minimum absolute atomic E-state index is 0.0342. The zero-order valence-electron chi connectivity index (χ0n) is 8.26. The lowest BCUT2D eigenvalue weighted by molar-refractivity contribution is 0.597. The highest BCUT2D eigenvalue weighted by Gasteiger charge is 2.07. The zero-order chi connectivity index (χ0) is 10.6. The monoisotopic (exact) mass is 215 g/mol. The van der Waals surface area contributed by atoms with Crippen molar-refractivity contribution in [2.45, 2.75) is 32.2 Å². The molecule has 0 radical (unpaired) electrons. The van der Waals surface area contributed by atoms with Gasteiger partial charge in [0, 0.05) is 6.04 Å². The van der Waals surface area contributed by atoms with Crippen LogP contribution < -0.4 is 5.73 Å². The molecule has 0 aliphatic rings. The predicted molar refractivity (Wildman–Crippen MR) is 57.9 cm³/mol. The van der Waals surface area contributed by atoms with Crippen LogP contribution in [0.1, 0.15) is 37.8 Å². The van der Waals surface area contributed by atoms with Gasteiger partial charge in [0.2, 0.25) is 0 Å². The number of nitrogens with two attached hydrogens (primary N) is 1. The average molecular weight is 216 g/mol. The fraction of sp³-hybridized carbons (Fsp3) is 0.455. The fourth-order valence-electron chi connectivity index (χ4n) is 1.33. The van der Waals surface area contributed by atoms with Gasteiger partial charge < -0.3 is 5.73 Å². The molecule has 0 aliphatic carbocycles. The zero-order valence-corrected chi connectivity index (χ0v) is 9.02. The Kier molecular flexibility index (Phi) is 4.36. The topological polar surface area (TPSA) is 26.0 Å². The first-order valence-corrected chi connectivity index (χ1v) is 5.23. The summed E-state index contributed by atoms with van der Waals surface area (Å²) in [5, 5.41) is 0.148. The van der Waals surface area contributed by atoms with E-state index in [2.05, 4.69) is 6.92 Å². The van der Waals surface area contributed by atoms with Crippen molar-refractivity contribution in [2.24, 2.45) is 5.73 Å². The van der Waals surface area contributed by atoms with Crippen LogP contribution in [0.15, 0.2) is 18.2 Å². The fourth-order valence-corrected chi connectivity index (χ4v) is 1.52. The van der Waals surface area contributed by atoms with Crippen molar-refractivity contribution in [3.05, 3.63) is 34.6 Å². The third kappa shape index (κ3) is 2.96. The third-order valence-corrected chi connectivity index (χ3v) is 2.53. The molecule has 1 atom stereocenters. The van der Waals surface area contributed by atoms with E-state index >= 15 is 0 Å². The van der Waals surface area contributed by atoms with E-state index in [-0.39, 0.29) is 11.1 Å². The van der Waals surface area contributed by atoms with Crippen molar-refractivity contribution in [3.63, 3.8) is 0 Å². The molecule has 1 nitrogen and oxygen atoms in total. The van der Waals surface area contributed by atoms with Gasteiger partial charge >= 0.3 is 0 Å².